The van der Waals surface area contributed by atoms with E-state index in [-0.39, 0.29) is 18.2 Å². The molecule has 1 N–H and O–H groups in total. The second kappa shape index (κ2) is 6.52. The van der Waals surface area contributed by atoms with Gasteiger partial charge in [0.1, 0.15) is 0 Å². The fourth-order valence-electron chi connectivity index (χ4n) is 2.56. The number of aliphatic carboxylic acids is 1. The number of carbonyl (C=O) groups excluding carboxylic acids is 1. The molecule has 0 aliphatic carbocycles. The highest BCUT2D eigenvalue weighted by molar-refractivity contribution is 5.94. The number of carboxylic acids is 1. The standard InChI is InChI=1S/C15H20N2O3/c1-16(13-5-3-2-4-6-13)14(18)11-17-8-7-12(10-17)9-15(19)20/h2-6,12H,7-11H2,1H3,(H,19,20). The Hall–Kier alpha value is -1.88. The van der Waals surface area contributed by atoms with Gasteiger partial charge in [0.05, 0.1) is 6.54 Å². The summed E-state index contributed by atoms with van der Waals surface area (Å²) in [4.78, 5) is 26.6. The molecule has 108 valence electrons. The molecule has 1 saturated heterocycles. The second-order valence-electron chi connectivity index (χ2n) is 5.28. The van der Waals surface area contributed by atoms with E-state index in [2.05, 4.69) is 0 Å². The lowest BCUT2D eigenvalue weighted by atomic mass is 10.1. The summed E-state index contributed by atoms with van der Waals surface area (Å²) >= 11 is 0. The number of carboxylic acid groups (broad SMARTS) is 1. The van der Waals surface area contributed by atoms with Gasteiger partial charge in [-0.3, -0.25) is 14.5 Å². The number of likely N-dealkylation sites (N-methyl/N-ethyl adjacent to an activating group) is 1. The van der Waals surface area contributed by atoms with Crippen molar-refractivity contribution in [2.24, 2.45) is 5.92 Å². The summed E-state index contributed by atoms with van der Waals surface area (Å²) in [7, 11) is 1.77. The van der Waals surface area contributed by atoms with Crippen molar-refractivity contribution in [1.29, 1.82) is 0 Å². The number of rotatable bonds is 5. The molecule has 0 aromatic heterocycles. The van der Waals surface area contributed by atoms with E-state index in [0.29, 0.717) is 13.1 Å². The number of hydrogen-bond acceptors (Lipinski definition) is 3. The molecule has 1 heterocycles. The highest BCUT2D eigenvalue weighted by Crippen LogP contribution is 2.20. The van der Waals surface area contributed by atoms with Gasteiger partial charge in [-0.2, -0.15) is 0 Å². The Morgan fingerprint density at radius 3 is 2.70 bits per heavy atom. The van der Waals surface area contributed by atoms with E-state index in [1.807, 2.05) is 35.2 Å². The maximum Gasteiger partial charge on any atom is 0.303 e. The number of anilines is 1. The molecule has 1 aliphatic rings. The molecular formula is C15H20N2O3. The van der Waals surface area contributed by atoms with Crippen LogP contribution in [0.5, 0.6) is 0 Å². The van der Waals surface area contributed by atoms with Gasteiger partial charge < -0.3 is 10.0 Å². The van der Waals surface area contributed by atoms with Crippen molar-refractivity contribution in [3.63, 3.8) is 0 Å². The molecule has 0 bridgehead atoms. The molecule has 0 saturated carbocycles. The lowest BCUT2D eigenvalue weighted by molar-refractivity contribution is -0.138. The van der Waals surface area contributed by atoms with Crippen LogP contribution in [0.3, 0.4) is 0 Å². The molecule has 1 atom stereocenters. The van der Waals surface area contributed by atoms with Crippen LogP contribution < -0.4 is 4.90 Å². The minimum atomic E-state index is -0.760. The average Bonchev–Trinajstić information content (AvgIpc) is 2.85. The molecule has 5 nitrogen and oxygen atoms in total. The molecule has 1 aliphatic heterocycles. The highest BCUT2D eigenvalue weighted by Gasteiger charge is 2.26. The van der Waals surface area contributed by atoms with E-state index < -0.39 is 5.97 Å². The van der Waals surface area contributed by atoms with Crippen LogP contribution in [0.1, 0.15) is 12.8 Å². The molecule has 1 amide bonds. The highest BCUT2D eigenvalue weighted by atomic mass is 16.4. The summed E-state index contributed by atoms with van der Waals surface area (Å²) in [5.74, 6) is -0.556. The van der Waals surface area contributed by atoms with Crippen molar-refractivity contribution < 1.29 is 14.7 Å². The summed E-state index contributed by atoms with van der Waals surface area (Å²) in [6, 6.07) is 9.51. The first-order valence-corrected chi connectivity index (χ1v) is 6.82. The van der Waals surface area contributed by atoms with Gasteiger partial charge in [-0.05, 0) is 31.0 Å². The maximum atomic E-state index is 12.2. The third-order valence-corrected chi connectivity index (χ3v) is 3.71. The summed E-state index contributed by atoms with van der Waals surface area (Å²) in [6.45, 7) is 1.84. The Balaban J connectivity index is 1.85. The van der Waals surface area contributed by atoms with E-state index >= 15 is 0 Å². The van der Waals surface area contributed by atoms with Gasteiger partial charge in [-0.25, -0.2) is 0 Å². The Bertz CT molecular complexity index is 475. The van der Waals surface area contributed by atoms with Crippen molar-refractivity contribution in [3.8, 4) is 0 Å². The van der Waals surface area contributed by atoms with Gasteiger partial charge in [0.15, 0.2) is 0 Å². The number of nitrogens with zero attached hydrogens (tertiary/aromatic N) is 2. The quantitative estimate of drug-likeness (QED) is 0.884. The number of carbonyl (C=O) groups is 2. The summed E-state index contributed by atoms with van der Waals surface area (Å²) in [5.41, 5.74) is 0.874. The van der Waals surface area contributed by atoms with Crippen molar-refractivity contribution in [1.82, 2.24) is 4.90 Å². The minimum Gasteiger partial charge on any atom is -0.481 e. The number of amides is 1. The van der Waals surface area contributed by atoms with Crippen LogP contribution in [0.2, 0.25) is 0 Å². The topological polar surface area (TPSA) is 60.9 Å². The van der Waals surface area contributed by atoms with E-state index in [4.69, 9.17) is 5.11 Å². The Labute approximate surface area is 118 Å². The Kier molecular flexibility index (Phi) is 4.74. The Morgan fingerprint density at radius 2 is 2.05 bits per heavy atom. The molecule has 1 unspecified atom stereocenters. The normalized spacial score (nSPS) is 18.9. The van der Waals surface area contributed by atoms with Crippen LogP contribution in [-0.2, 0) is 9.59 Å². The summed E-state index contributed by atoms with van der Waals surface area (Å²) < 4.78 is 0. The molecule has 0 radical (unpaired) electrons. The van der Waals surface area contributed by atoms with E-state index in [0.717, 1.165) is 18.7 Å². The summed E-state index contributed by atoms with van der Waals surface area (Å²) in [5, 5.41) is 8.79. The number of para-hydroxylation sites is 1. The molecule has 0 spiro atoms. The molecule has 2 rings (SSSR count). The van der Waals surface area contributed by atoms with Crippen LogP contribution in [0.25, 0.3) is 0 Å². The van der Waals surface area contributed by atoms with Crippen LogP contribution in [0.4, 0.5) is 5.69 Å². The number of benzene rings is 1. The predicted octanol–water partition coefficient (Wildman–Crippen LogP) is 1.45. The first-order chi connectivity index (χ1) is 9.56. The first-order valence-electron chi connectivity index (χ1n) is 6.82. The van der Waals surface area contributed by atoms with Gasteiger partial charge in [0.25, 0.3) is 0 Å². The van der Waals surface area contributed by atoms with Gasteiger partial charge in [0.2, 0.25) is 5.91 Å². The van der Waals surface area contributed by atoms with Gasteiger partial charge in [0, 0.05) is 25.7 Å². The fraction of sp³-hybridized carbons (Fsp3) is 0.467. The zero-order valence-electron chi connectivity index (χ0n) is 11.7. The SMILES string of the molecule is CN(C(=O)CN1CCC(CC(=O)O)C1)c1ccccc1. The molecular weight excluding hydrogens is 256 g/mol. The minimum absolute atomic E-state index is 0.0344. The zero-order valence-corrected chi connectivity index (χ0v) is 11.7. The van der Waals surface area contributed by atoms with E-state index in [1.54, 1.807) is 11.9 Å². The molecule has 1 aromatic carbocycles. The molecule has 1 aromatic rings. The Morgan fingerprint density at radius 1 is 1.35 bits per heavy atom. The van der Waals surface area contributed by atoms with Crippen LogP contribution >= 0.6 is 0 Å². The van der Waals surface area contributed by atoms with Crippen molar-refractivity contribution in [3.05, 3.63) is 30.3 Å². The summed E-state index contributed by atoms with van der Waals surface area (Å²) in [6.07, 6.45) is 1.05. The fourth-order valence-corrected chi connectivity index (χ4v) is 2.56. The van der Waals surface area contributed by atoms with Crippen LogP contribution in [0.15, 0.2) is 30.3 Å². The third-order valence-electron chi connectivity index (χ3n) is 3.71. The van der Waals surface area contributed by atoms with Gasteiger partial charge >= 0.3 is 5.97 Å². The van der Waals surface area contributed by atoms with Crippen LogP contribution in [-0.4, -0.2) is 48.6 Å². The lowest BCUT2D eigenvalue weighted by Crippen LogP contribution is -2.37. The number of hydrogen-bond donors (Lipinski definition) is 1. The monoisotopic (exact) mass is 276 g/mol. The first kappa shape index (κ1) is 14.5. The van der Waals surface area contributed by atoms with Gasteiger partial charge in [-0.1, -0.05) is 18.2 Å². The van der Waals surface area contributed by atoms with Crippen LogP contribution in [0, 0.1) is 5.92 Å². The third kappa shape index (κ3) is 3.81. The van der Waals surface area contributed by atoms with E-state index in [9.17, 15) is 9.59 Å². The maximum absolute atomic E-state index is 12.2. The van der Waals surface area contributed by atoms with Crippen molar-refractivity contribution in [2.75, 3.05) is 31.6 Å². The largest absolute Gasteiger partial charge is 0.481 e. The molecule has 5 heteroatoms. The van der Waals surface area contributed by atoms with E-state index in [1.165, 1.54) is 0 Å². The number of likely N-dealkylation sites (tertiary alicyclic amines) is 1. The zero-order chi connectivity index (χ0) is 14.5. The molecule has 1 fully saturated rings. The smallest absolute Gasteiger partial charge is 0.303 e. The second-order valence-corrected chi connectivity index (χ2v) is 5.28. The van der Waals surface area contributed by atoms with Crippen molar-refractivity contribution in [2.45, 2.75) is 12.8 Å². The van der Waals surface area contributed by atoms with Crippen molar-refractivity contribution >= 4 is 17.6 Å². The lowest BCUT2D eigenvalue weighted by Gasteiger charge is -2.21. The molecule has 20 heavy (non-hydrogen) atoms. The average molecular weight is 276 g/mol. The van der Waals surface area contributed by atoms with Gasteiger partial charge in [-0.15, -0.1) is 0 Å². The predicted molar refractivity (Wildman–Crippen MR) is 76.7 cm³/mol.